The van der Waals surface area contributed by atoms with Crippen LogP contribution in [-0.4, -0.2) is 32.5 Å². The molecule has 1 saturated carbocycles. The summed E-state index contributed by atoms with van der Waals surface area (Å²) >= 11 is 5.88. The lowest BCUT2D eigenvalue weighted by molar-refractivity contribution is -0.384. The van der Waals surface area contributed by atoms with E-state index in [0.29, 0.717) is 29.8 Å². The normalized spacial score (nSPS) is 18.6. The van der Waals surface area contributed by atoms with Gasteiger partial charge in [0.2, 0.25) is 11.8 Å². The van der Waals surface area contributed by atoms with Gasteiger partial charge in [-0.2, -0.15) is 4.98 Å². The van der Waals surface area contributed by atoms with Crippen LogP contribution in [0, 0.1) is 22.0 Å². The molecule has 3 N–H and O–H groups in total. The van der Waals surface area contributed by atoms with Crippen LogP contribution in [0.1, 0.15) is 38.5 Å². The van der Waals surface area contributed by atoms with Crippen molar-refractivity contribution in [3.63, 3.8) is 0 Å². The van der Waals surface area contributed by atoms with E-state index in [0.717, 1.165) is 31.4 Å². The van der Waals surface area contributed by atoms with Gasteiger partial charge in [0, 0.05) is 23.7 Å². The molecule has 0 saturated heterocycles. The van der Waals surface area contributed by atoms with E-state index in [1.165, 1.54) is 6.20 Å². The minimum absolute atomic E-state index is 0.174. The molecule has 2 aromatic rings. The van der Waals surface area contributed by atoms with E-state index in [9.17, 15) is 14.9 Å². The zero-order valence-corrected chi connectivity index (χ0v) is 17.1. The molecular formula is C20H24ClN5O4. The van der Waals surface area contributed by atoms with Gasteiger partial charge in [-0.3, -0.25) is 14.9 Å². The molecule has 0 aliphatic heterocycles. The summed E-state index contributed by atoms with van der Waals surface area (Å²) in [5.74, 6) is 0.495. The monoisotopic (exact) mass is 433 g/mol. The molecule has 1 aromatic carbocycles. The highest BCUT2D eigenvalue weighted by atomic mass is 35.5. The molecule has 10 heteroatoms. The lowest BCUT2D eigenvalue weighted by Gasteiger charge is -2.28. The van der Waals surface area contributed by atoms with Gasteiger partial charge in [-0.05, 0) is 55.4 Å². The average molecular weight is 434 g/mol. The van der Waals surface area contributed by atoms with Crippen LogP contribution < -0.4 is 10.6 Å². The van der Waals surface area contributed by atoms with Crippen molar-refractivity contribution in [1.29, 1.82) is 0 Å². The number of carboxylic acids is 1. The molecule has 160 valence electrons. The van der Waals surface area contributed by atoms with E-state index in [-0.39, 0.29) is 23.9 Å². The third kappa shape index (κ3) is 6.28. The van der Waals surface area contributed by atoms with Crippen LogP contribution in [-0.2, 0) is 4.79 Å². The summed E-state index contributed by atoms with van der Waals surface area (Å²) in [7, 11) is 0. The topological polar surface area (TPSA) is 130 Å². The van der Waals surface area contributed by atoms with Gasteiger partial charge in [0.25, 0.3) is 0 Å². The molecular weight excluding hydrogens is 410 g/mol. The van der Waals surface area contributed by atoms with E-state index in [1.54, 1.807) is 24.3 Å². The predicted molar refractivity (Wildman–Crippen MR) is 114 cm³/mol. The Morgan fingerprint density at radius 2 is 1.87 bits per heavy atom. The van der Waals surface area contributed by atoms with Gasteiger partial charge < -0.3 is 15.7 Å². The smallest absolute Gasteiger partial charge is 0.329 e. The average Bonchev–Trinajstić information content (AvgIpc) is 2.73. The standard InChI is InChI=1S/C20H24ClN5O4/c21-15-6-8-16(9-7-15)24-20-23-12-17(26(29)30)19(25-20)22-11-14-3-1-13(2-4-14)5-10-18(27)28/h6-9,12-14H,1-5,10-11H2,(H,27,28)(H2,22,23,24,25). The third-order valence-corrected chi connectivity index (χ3v) is 5.61. The van der Waals surface area contributed by atoms with Crippen LogP contribution in [0.15, 0.2) is 30.5 Å². The van der Waals surface area contributed by atoms with Crippen LogP contribution >= 0.6 is 11.6 Å². The first-order valence-corrected chi connectivity index (χ1v) is 10.3. The Kier molecular flexibility index (Phi) is 7.40. The summed E-state index contributed by atoms with van der Waals surface area (Å²) in [6.07, 6.45) is 6.01. The summed E-state index contributed by atoms with van der Waals surface area (Å²) in [4.78, 5) is 29.9. The molecule has 1 aliphatic rings. The van der Waals surface area contributed by atoms with Gasteiger partial charge in [-0.1, -0.05) is 24.4 Å². The Morgan fingerprint density at radius 1 is 1.20 bits per heavy atom. The fraction of sp³-hybridized carbons (Fsp3) is 0.450. The highest BCUT2D eigenvalue weighted by Gasteiger charge is 2.23. The second-order valence-electron chi connectivity index (χ2n) is 7.52. The summed E-state index contributed by atoms with van der Waals surface area (Å²) in [6, 6.07) is 6.98. The van der Waals surface area contributed by atoms with Gasteiger partial charge in [0.05, 0.1) is 4.92 Å². The first-order valence-electron chi connectivity index (χ1n) is 9.90. The lowest BCUT2D eigenvalue weighted by atomic mass is 9.80. The number of carbonyl (C=O) groups is 1. The first-order chi connectivity index (χ1) is 14.4. The van der Waals surface area contributed by atoms with Crippen molar-refractivity contribution in [3.05, 3.63) is 45.6 Å². The van der Waals surface area contributed by atoms with E-state index < -0.39 is 10.9 Å². The molecule has 0 radical (unpaired) electrons. The Morgan fingerprint density at radius 3 is 2.50 bits per heavy atom. The molecule has 0 amide bonds. The summed E-state index contributed by atoms with van der Waals surface area (Å²) < 4.78 is 0. The predicted octanol–water partition coefficient (Wildman–Crippen LogP) is 4.86. The first kappa shape index (κ1) is 21.8. The molecule has 0 unspecified atom stereocenters. The van der Waals surface area contributed by atoms with Crippen LogP contribution in [0.5, 0.6) is 0 Å². The molecule has 1 aromatic heterocycles. The number of hydrogen-bond acceptors (Lipinski definition) is 7. The maximum atomic E-state index is 11.4. The molecule has 1 aliphatic carbocycles. The van der Waals surface area contributed by atoms with Gasteiger partial charge in [-0.25, -0.2) is 4.98 Å². The third-order valence-electron chi connectivity index (χ3n) is 5.36. The Bertz CT molecular complexity index is 885. The second-order valence-corrected chi connectivity index (χ2v) is 7.95. The molecule has 1 heterocycles. The van der Waals surface area contributed by atoms with Crippen molar-refractivity contribution in [2.24, 2.45) is 11.8 Å². The molecule has 0 atom stereocenters. The molecule has 1 fully saturated rings. The minimum atomic E-state index is -0.752. The SMILES string of the molecule is O=C(O)CCC1CCC(CNc2nc(Nc3ccc(Cl)cc3)ncc2[N+](=O)[O-])CC1. The van der Waals surface area contributed by atoms with Gasteiger partial charge in [-0.15, -0.1) is 0 Å². The maximum absolute atomic E-state index is 11.4. The molecule has 0 bridgehead atoms. The van der Waals surface area contributed by atoms with Crippen LogP contribution in [0.4, 0.5) is 23.1 Å². The summed E-state index contributed by atoms with van der Waals surface area (Å²) in [5, 5.41) is 26.9. The quantitative estimate of drug-likeness (QED) is 0.377. The molecule has 0 spiro atoms. The number of anilines is 3. The van der Waals surface area contributed by atoms with Crippen molar-refractivity contribution in [2.45, 2.75) is 38.5 Å². The fourth-order valence-electron chi connectivity index (χ4n) is 3.65. The van der Waals surface area contributed by atoms with Crippen molar-refractivity contribution < 1.29 is 14.8 Å². The summed E-state index contributed by atoms with van der Waals surface area (Å²) in [5.41, 5.74) is 0.547. The number of hydrogen-bond donors (Lipinski definition) is 3. The van der Waals surface area contributed by atoms with Crippen molar-refractivity contribution >= 4 is 40.7 Å². The number of nitrogens with one attached hydrogen (secondary N) is 2. The molecule has 3 rings (SSSR count). The van der Waals surface area contributed by atoms with Crippen LogP contribution in [0.3, 0.4) is 0 Å². The Hall–Kier alpha value is -2.94. The van der Waals surface area contributed by atoms with E-state index in [2.05, 4.69) is 20.6 Å². The molecule has 30 heavy (non-hydrogen) atoms. The zero-order valence-electron chi connectivity index (χ0n) is 16.4. The van der Waals surface area contributed by atoms with E-state index >= 15 is 0 Å². The number of aromatic nitrogens is 2. The van der Waals surface area contributed by atoms with E-state index in [1.807, 2.05) is 0 Å². The van der Waals surface area contributed by atoms with Crippen LogP contribution in [0.25, 0.3) is 0 Å². The zero-order chi connectivity index (χ0) is 21.5. The minimum Gasteiger partial charge on any atom is -0.481 e. The largest absolute Gasteiger partial charge is 0.481 e. The van der Waals surface area contributed by atoms with Crippen molar-refractivity contribution in [3.8, 4) is 0 Å². The number of carboxylic acid groups (broad SMARTS) is 1. The number of halogens is 1. The van der Waals surface area contributed by atoms with Gasteiger partial charge in [0.1, 0.15) is 6.20 Å². The van der Waals surface area contributed by atoms with Gasteiger partial charge in [0.15, 0.2) is 0 Å². The fourth-order valence-corrected chi connectivity index (χ4v) is 3.78. The number of benzene rings is 1. The number of nitro groups is 1. The van der Waals surface area contributed by atoms with E-state index in [4.69, 9.17) is 16.7 Å². The van der Waals surface area contributed by atoms with Gasteiger partial charge >= 0.3 is 11.7 Å². The Balaban J connectivity index is 1.59. The second kappa shape index (κ2) is 10.2. The number of nitrogens with zero attached hydrogens (tertiary/aromatic N) is 3. The van der Waals surface area contributed by atoms with Crippen molar-refractivity contribution in [1.82, 2.24) is 9.97 Å². The lowest BCUT2D eigenvalue weighted by Crippen LogP contribution is -2.22. The highest BCUT2D eigenvalue weighted by molar-refractivity contribution is 6.30. The number of rotatable bonds is 9. The van der Waals surface area contributed by atoms with Crippen molar-refractivity contribution in [2.75, 3.05) is 17.2 Å². The van der Waals surface area contributed by atoms with Crippen LogP contribution in [0.2, 0.25) is 5.02 Å². The summed E-state index contributed by atoms with van der Waals surface area (Å²) in [6.45, 7) is 0.573. The highest BCUT2D eigenvalue weighted by Crippen LogP contribution is 2.32. The Labute approximate surface area is 179 Å². The molecule has 9 nitrogen and oxygen atoms in total. The maximum Gasteiger partial charge on any atom is 0.329 e. The number of aliphatic carboxylic acids is 1.